The zero-order valence-corrected chi connectivity index (χ0v) is 16.9. The molecule has 2 N–H and O–H groups in total. The minimum Gasteiger partial charge on any atom is -0.496 e. The number of ether oxygens (including phenoxy) is 1. The number of hydrogen-bond acceptors (Lipinski definition) is 5. The first-order chi connectivity index (χ1) is 13.6. The number of nitrogens with one attached hydrogen (secondary N) is 2. The predicted octanol–water partition coefficient (Wildman–Crippen LogP) is 0.990. The molecule has 3 heterocycles. The second-order valence-electron chi connectivity index (χ2n) is 7.19. The van der Waals surface area contributed by atoms with Gasteiger partial charge < -0.3 is 19.0 Å². The van der Waals surface area contributed by atoms with E-state index in [4.69, 9.17) is 9.15 Å². The van der Waals surface area contributed by atoms with E-state index in [2.05, 4.69) is 17.1 Å². The van der Waals surface area contributed by atoms with Crippen molar-refractivity contribution in [1.82, 2.24) is 10.2 Å². The maximum atomic E-state index is 13.6. The lowest BCUT2D eigenvalue weighted by Gasteiger charge is -2.32. The third kappa shape index (κ3) is 4.09. The number of methoxy groups -OCH3 is 1. The molecule has 1 atom stereocenters. The largest absolute Gasteiger partial charge is 0.496 e. The SMILES string of the molecule is COc1ccc(F)cc1C[NH+]1CC[NH+]([C@H](C)c2nnc(-c3cccs3)o2)CC1. The van der Waals surface area contributed by atoms with Gasteiger partial charge in [0.25, 0.3) is 11.8 Å². The van der Waals surface area contributed by atoms with Crippen LogP contribution in [0.4, 0.5) is 4.39 Å². The Labute approximate surface area is 167 Å². The molecule has 1 saturated heterocycles. The monoisotopic (exact) mass is 404 g/mol. The number of hydrogen-bond donors (Lipinski definition) is 2. The van der Waals surface area contributed by atoms with Crippen molar-refractivity contribution in [3.8, 4) is 16.5 Å². The zero-order valence-electron chi connectivity index (χ0n) is 16.1. The molecule has 1 aliphatic rings. The fraction of sp³-hybridized carbons (Fsp3) is 0.400. The van der Waals surface area contributed by atoms with Gasteiger partial charge in [-0.25, -0.2) is 4.39 Å². The summed E-state index contributed by atoms with van der Waals surface area (Å²) < 4.78 is 24.9. The van der Waals surface area contributed by atoms with Crippen LogP contribution in [0.1, 0.15) is 24.4 Å². The highest BCUT2D eigenvalue weighted by Crippen LogP contribution is 2.24. The summed E-state index contributed by atoms with van der Waals surface area (Å²) in [5, 5.41) is 10.5. The summed E-state index contributed by atoms with van der Waals surface area (Å²) in [4.78, 5) is 3.88. The van der Waals surface area contributed by atoms with E-state index < -0.39 is 0 Å². The molecule has 1 aliphatic heterocycles. The van der Waals surface area contributed by atoms with Crippen molar-refractivity contribution in [3.05, 3.63) is 53.0 Å². The van der Waals surface area contributed by atoms with Crippen molar-refractivity contribution < 1.29 is 23.3 Å². The quantitative estimate of drug-likeness (QED) is 0.644. The van der Waals surface area contributed by atoms with Crippen molar-refractivity contribution >= 4 is 11.3 Å². The molecule has 0 radical (unpaired) electrons. The fourth-order valence-corrected chi connectivity index (χ4v) is 4.42. The number of aromatic nitrogens is 2. The average Bonchev–Trinajstić information content (AvgIpc) is 3.40. The van der Waals surface area contributed by atoms with Crippen LogP contribution in [0.5, 0.6) is 5.75 Å². The molecule has 148 valence electrons. The van der Waals surface area contributed by atoms with E-state index in [1.165, 1.54) is 15.9 Å². The predicted molar refractivity (Wildman–Crippen MR) is 104 cm³/mol. The normalized spacial score (nSPS) is 20.8. The first-order valence-corrected chi connectivity index (χ1v) is 10.4. The molecule has 2 aromatic heterocycles. The lowest BCUT2D eigenvalue weighted by molar-refractivity contribution is -1.03. The van der Waals surface area contributed by atoms with Gasteiger partial charge in [-0.3, -0.25) is 0 Å². The van der Waals surface area contributed by atoms with Gasteiger partial charge in [-0.05, 0) is 36.6 Å². The van der Waals surface area contributed by atoms with Crippen molar-refractivity contribution in [2.75, 3.05) is 33.3 Å². The second kappa shape index (κ2) is 8.38. The smallest absolute Gasteiger partial charge is 0.274 e. The zero-order chi connectivity index (χ0) is 19.5. The molecule has 0 spiro atoms. The van der Waals surface area contributed by atoms with Gasteiger partial charge >= 0.3 is 0 Å². The van der Waals surface area contributed by atoms with E-state index in [9.17, 15) is 4.39 Å². The first-order valence-electron chi connectivity index (χ1n) is 9.52. The third-order valence-corrected chi connectivity index (χ3v) is 6.30. The van der Waals surface area contributed by atoms with Gasteiger partial charge in [0.2, 0.25) is 0 Å². The molecule has 0 amide bonds. The standard InChI is InChI=1S/C20H23FN4O2S/c1-14(19-22-23-20(27-19)18-4-3-11-28-18)25-9-7-24(8-10-25)13-15-12-16(21)5-6-17(15)26-2/h3-6,11-12,14H,7-10,13H2,1-2H3/p+2/t14-/m1/s1. The van der Waals surface area contributed by atoms with Crippen LogP contribution in [-0.2, 0) is 6.54 Å². The van der Waals surface area contributed by atoms with Crippen molar-refractivity contribution in [1.29, 1.82) is 0 Å². The molecule has 3 aromatic rings. The highest BCUT2D eigenvalue weighted by Gasteiger charge is 2.31. The van der Waals surface area contributed by atoms with E-state index in [1.807, 2.05) is 17.5 Å². The Balaban J connectivity index is 1.36. The Kier molecular flexibility index (Phi) is 5.70. The summed E-state index contributed by atoms with van der Waals surface area (Å²) in [6, 6.07) is 8.85. The number of thiophene rings is 1. The van der Waals surface area contributed by atoms with Crippen LogP contribution in [0.15, 0.2) is 40.1 Å². The van der Waals surface area contributed by atoms with Gasteiger partial charge in [-0.2, -0.15) is 0 Å². The van der Waals surface area contributed by atoms with E-state index in [0.717, 1.165) is 48.9 Å². The third-order valence-electron chi connectivity index (χ3n) is 5.44. The summed E-state index contributed by atoms with van der Waals surface area (Å²) in [5.74, 6) is 1.82. The molecule has 0 bridgehead atoms. The Bertz CT molecular complexity index is 907. The van der Waals surface area contributed by atoms with E-state index in [-0.39, 0.29) is 11.9 Å². The molecule has 1 aromatic carbocycles. The molecule has 1 fully saturated rings. The van der Waals surface area contributed by atoms with Gasteiger partial charge in [0.1, 0.15) is 44.3 Å². The van der Waals surface area contributed by atoms with Crippen molar-refractivity contribution in [3.63, 3.8) is 0 Å². The Hall–Kier alpha value is -2.29. The van der Waals surface area contributed by atoms with Crippen LogP contribution < -0.4 is 14.5 Å². The second-order valence-corrected chi connectivity index (χ2v) is 8.13. The molecule has 6 nitrogen and oxygen atoms in total. The number of benzene rings is 1. The highest BCUT2D eigenvalue weighted by molar-refractivity contribution is 7.13. The lowest BCUT2D eigenvalue weighted by Crippen LogP contribution is -3.27. The summed E-state index contributed by atoms with van der Waals surface area (Å²) in [6.45, 7) is 6.93. The van der Waals surface area contributed by atoms with Crippen molar-refractivity contribution in [2.24, 2.45) is 0 Å². The van der Waals surface area contributed by atoms with Crippen LogP contribution in [0.25, 0.3) is 10.8 Å². The Morgan fingerprint density at radius 1 is 1.21 bits per heavy atom. The summed E-state index contributed by atoms with van der Waals surface area (Å²) in [7, 11) is 1.63. The summed E-state index contributed by atoms with van der Waals surface area (Å²) in [5.41, 5.74) is 0.923. The maximum absolute atomic E-state index is 13.6. The van der Waals surface area contributed by atoms with Crippen LogP contribution >= 0.6 is 11.3 Å². The van der Waals surface area contributed by atoms with Gasteiger partial charge in [0.05, 0.1) is 17.6 Å². The number of piperazine rings is 1. The maximum Gasteiger partial charge on any atom is 0.274 e. The molecular weight excluding hydrogens is 379 g/mol. The van der Waals surface area contributed by atoms with Gasteiger partial charge in [0.15, 0.2) is 6.04 Å². The first kappa shape index (κ1) is 19.0. The van der Waals surface area contributed by atoms with Gasteiger partial charge in [-0.15, -0.1) is 21.5 Å². The molecule has 28 heavy (non-hydrogen) atoms. The minimum absolute atomic E-state index is 0.159. The van der Waals surface area contributed by atoms with Crippen molar-refractivity contribution in [2.45, 2.75) is 19.5 Å². The molecule has 0 aliphatic carbocycles. The Morgan fingerprint density at radius 2 is 2.04 bits per heavy atom. The van der Waals surface area contributed by atoms with E-state index in [0.29, 0.717) is 11.8 Å². The topological polar surface area (TPSA) is 57.0 Å². The number of nitrogens with zero attached hydrogens (tertiary/aromatic N) is 2. The molecule has 4 rings (SSSR count). The van der Waals surface area contributed by atoms with Gasteiger partial charge in [-0.1, -0.05) is 6.07 Å². The Morgan fingerprint density at radius 3 is 2.75 bits per heavy atom. The molecule has 8 heteroatoms. The molecule has 0 saturated carbocycles. The highest BCUT2D eigenvalue weighted by atomic mass is 32.1. The van der Waals surface area contributed by atoms with E-state index in [1.54, 1.807) is 30.6 Å². The molecule has 0 unspecified atom stereocenters. The average molecular weight is 405 g/mol. The van der Waals surface area contributed by atoms with Crippen LogP contribution in [-0.4, -0.2) is 43.5 Å². The number of quaternary nitrogens is 2. The summed E-state index contributed by atoms with van der Waals surface area (Å²) >= 11 is 1.60. The van der Waals surface area contributed by atoms with E-state index >= 15 is 0 Å². The molecular formula is C20H25FN4O2S+2. The summed E-state index contributed by atoms with van der Waals surface area (Å²) in [6.07, 6.45) is 0. The van der Waals surface area contributed by atoms with Gasteiger partial charge in [0, 0.05) is 0 Å². The number of halogens is 1. The lowest BCUT2D eigenvalue weighted by atomic mass is 10.1. The fourth-order valence-electron chi connectivity index (χ4n) is 3.77. The van der Waals surface area contributed by atoms with Crippen LogP contribution in [0.2, 0.25) is 0 Å². The van der Waals surface area contributed by atoms with Crippen LogP contribution in [0.3, 0.4) is 0 Å². The van der Waals surface area contributed by atoms with Crippen LogP contribution in [0, 0.1) is 5.82 Å². The minimum atomic E-state index is -0.217. The number of rotatable bonds is 6.